The highest BCUT2D eigenvalue weighted by Crippen LogP contribution is 2.25. The Labute approximate surface area is 108 Å². The molecule has 0 spiro atoms. The molecule has 0 saturated heterocycles. The van der Waals surface area contributed by atoms with E-state index in [1.165, 1.54) is 12.0 Å². The van der Waals surface area contributed by atoms with E-state index < -0.39 is 0 Å². The Morgan fingerprint density at radius 1 is 1.39 bits per heavy atom. The molecule has 4 heteroatoms. The Kier molecular flexibility index (Phi) is 4.20. The molecule has 0 unspecified atom stereocenters. The van der Waals surface area contributed by atoms with Crippen LogP contribution in [0.4, 0.5) is 10.5 Å². The maximum atomic E-state index is 12.1. The first kappa shape index (κ1) is 12.9. The molecule has 1 aliphatic carbocycles. The number of urea groups is 1. The lowest BCUT2D eigenvalue weighted by atomic mass is 9.92. The molecule has 0 atom stereocenters. The van der Waals surface area contributed by atoms with E-state index >= 15 is 0 Å². The summed E-state index contributed by atoms with van der Waals surface area (Å²) in [5.41, 5.74) is 1.96. The number of carbonyl (C=O) groups is 1. The quantitative estimate of drug-likeness (QED) is 0.859. The van der Waals surface area contributed by atoms with E-state index in [0.717, 1.165) is 18.5 Å². The highest BCUT2D eigenvalue weighted by atomic mass is 16.3. The molecule has 0 aliphatic heterocycles. The Morgan fingerprint density at radius 2 is 2.06 bits per heavy atom. The summed E-state index contributed by atoms with van der Waals surface area (Å²) < 4.78 is 0. The minimum atomic E-state index is -0.113. The third-order valence-corrected chi connectivity index (χ3v) is 3.42. The van der Waals surface area contributed by atoms with E-state index in [9.17, 15) is 4.79 Å². The number of amides is 2. The molecule has 98 valence electrons. The van der Waals surface area contributed by atoms with Crippen LogP contribution in [0.1, 0.15) is 24.8 Å². The van der Waals surface area contributed by atoms with Gasteiger partial charge in [0.2, 0.25) is 0 Å². The number of nitrogens with one attached hydrogen (secondary N) is 1. The van der Waals surface area contributed by atoms with Gasteiger partial charge in [-0.3, -0.25) is 0 Å². The van der Waals surface area contributed by atoms with E-state index in [4.69, 9.17) is 5.11 Å². The summed E-state index contributed by atoms with van der Waals surface area (Å²) in [6.07, 6.45) is 3.26. The molecule has 1 fully saturated rings. The fraction of sp³-hybridized carbons (Fsp3) is 0.500. The summed E-state index contributed by atoms with van der Waals surface area (Å²) in [4.78, 5) is 13.9. The third kappa shape index (κ3) is 3.01. The second-order valence-corrected chi connectivity index (χ2v) is 4.80. The normalized spacial score (nSPS) is 15.0. The molecule has 0 aromatic heterocycles. The van der Waals surface area contributed by atoms with Crippen LogP contribution in [-0.4, -0.2) is 35.2 Å². The number of nitrogens with zero attached hydrogens (tertiary/aromatic N) is 1. The van der Waals surface area contributed by atoms with Gasteiger partial charge in [-0.25, -0.2) is 4.79 Å². The average Bonchev–Trinajstić information content (AvgIpc) is 2.29. The zero-order chi connectivity index (χ0) is 13.0. The summed E-state index contributed by atoms with van der Waals surface area (Å²) in [5, 5.41) is 11.9. The van der Waals surface area contributed by atoms with Crippen molar-refractivity contribution in [3.8, 4) is 0 Å². The van der Waals surface area contributed by atoms with Gasteiger partial charge in [0, 0.05) is 18.3 Å². The minimum Gasteiger partial charge on any atom is -0.395 e. The number of aryl methyl sites for hydroxylation is 1. The van der Waals surface area contributed by atoms with Gasteiger partial charge in [-0.2, -0.15) is 0 Å². The smallest absolute Gasteiger partial charge is 0.322 e. The molecule has 2 N–H and O–H groups in total. The molecule has 0 heterocycles. The van der Waals surface area contributed by atoms with Crippen molar-refractivity contribution in [1.82, 2.24) is 4.90 Å². The lowest BCUT2D eigenvalue weighted by Crippen LogP contribution is -2.47. The Balaban J connectivity index is 1.97. The van der Waals surface area contributed by atoms with Gasteiger partial charge in [-0.1, -0.05) is 17.7 Å². The number of anilines is 1. The van der Waals surface area contributed by atoms with Crippen LogP contribution in [0.25, 0.3) is 0 Å². The summed E-state index contributed by atoms with van der Waals surface area (Å²) in [5.74, 6) is 0. The number of benzene rings is 1. The summed E-state index contributed by atoms with van der Waals surface area (Å²) >= 11 is 0. The van der Waals surface area contributed by atoms with Gasteiger partial charge < -0.3 is 15.3 Å². The van der Waals surface area contributed by atoms with Crippen LogP contribution in [0.5, 0.6) is 0 Å². The van der Waals surface area contributed by atoms with Gasteiger partial charge in [-0.05, 0) is 38.3 Å². The molecule has 2 rings (SSSR count). The predicted molar refractivity (Wildman–Crippen MR) is 71.6 cm³/mol. The second-order valence-electron chi connectivity index (χ2n) is 4.80. The molecule has 0 bridgehead atoms. The highest BCUT2D eigenvalue weighted by molar-refractivity contribution is 5.89. The zero-order valence-corrected chi connectivity index (χ0v) is 10.7. The van der Waals surface area contributed by atoms with Gasteiger partial charge in [0.1, 0.15) is 0 Å². The first-order valence-electron chi connectivity index (χ1n) is 6.46. The molecular formula is C14H20N2O2. The fourth-order valence-corrected chi connectivity index (χ4v) is 2.09. The van der Waals surface area contributed by atoms with Crippen LogP contribution in [0.15, 0.2) is 24.3 Å². The third-order valence-electron chi connectivity index (χ3n) is 3.42. The fourth-order valence-electron chi connectivity index (χ4n) is 2.09. The summed E-state index contributed by atoms with van der Waals surface area (Å²) in [6.45, 7) is 2.43. The summed E-state index contributed by atoms with van der Waals surface area (Å²) in [7, 11) is 0. The molecule has 1 aromatic carbocycles. The number of aliphatic hydroxyl groups is 1. The van der Waals surface area contributed by atoms with Crippen molar-refractivity contribution in [2.24, 2.45) is 0 Å². The Morgan fingerprint density at radius 3 is 2.56 bits per heavy atom. The topological polar surface area (TPSA) is 52.6 Å². The number of carbonyl (C=O) groups excluding carboxylic acids is 1. The van der Waals surface area contributed by atoms with Crippen LogP contribution in [0.2, 0.25) is 0 Å². The van der Waals surface area contributed by atoms with E-state index in [0.29, 0.717) is 12.6 Å². The Bertz CT molecular complexity index is 399. The van der Waals surface area contributed by atoms with Crippen molar-refractivity contribution in [3.05, 3.63) is 29.8 Å². The molecule has 1 saturated carbocycles. The largest absolute Gasteiger partial charge is 0.395 e. The van der Waals surface area contributed by atoms with Gasteiger partial charge >= 0.3 is 6.03 Å². The van der Waals surface area contributed by atoms with Gasteiger partial charge in [0.25, 0.3) is 0 Å². The standard InChI is InChI=1S/C14H20N2O2/c1-11-5-7-12(8-6-11)15-14(18)16(9-10-17)13-3-2-4-13/h5-8,13,17H,2-4,9-10H2,1H3,(H,15,18). The van der Waals surface area contributed by atoms with Crippen molar-refractivity contribution >= 4 is 11.7 Å². The number of rotatable bonds is 4. The maximum absolute atomic E-state index is 12.1. The molecule has 1 aromatic rings. The first-order valence-corrected chi connectivity index (χ1v) is 6.46. The second kappa shape index (κ2) is 5.87. The minimum absolute atomic E-state index is 0.0117. The van der Waals surface area contributed by atoms with Crippen molar-refractivity contribution in [2.45, 2.75) is 32.2 Å². The first-order chi connectivity index (χ1) is 8.70. The zero-order valence-electron chi connectivity index (χ0n) is 10.7. The van der Waals surface area contributed by atoms with Gasteiger partial charge in [-0.15, -0.1) is 0 Å². The van der Waals surface area contributed by atoms with Gasteiger partial charge in [0.05, 0.1) is 6.61 Å². The Hall–Kier alpha value is -1.55. The van der Waals surface area contributed by atoms with Crippen LogP contribution in [0, 0.1) is 6.92 Å². The van der Waals surface area contributed by atoms with Crippen molar-refractivity contribution in [2.75, 3.05) is 18.5 Å². The van der Waals surface area contributed by atoms with Crippen LogP contribution < -0.4 is 5.32 Å². The van der Waals surface area contributed by atoms with E-state index in [-0.39, 0.29) is 12.6 Å². The van der Waals surface area contributed by atoms with Crippen molar-refractivity contribution in [3.63, 3.8) is 0 Å². The monoisotopic (exact) mass is 248 g/mol. The molecule has 1 aliphatic rings. The van der Waals surface area contributed by atoms with Crippen molar-refractivity contribution < 1.29 is 9.90 Å². The lowest BCUT2D eigenvalue weighted by Gasteiger charge is -2.37. The average molecular weight is 248 g/mol. The molecule has 18 heavy (non-hydrogen) atoms. The van der Waals surface area contributed by atoms with Crippen LogP contribution in [-0.2, 0) is 0 Å². The number of aliphatic hydroxyl groups excluding tert-OH is 1. The van der Waals surface area contributed by atoms with E-state index in [1.54, 1.807) is 4.90 Å². The van der Waals surface area contributed by atoms with Crippen LogP contribution in [0.3, 0.4) is 0 Å². The van der Waals surface area contributed by atoms with E-state index in [2.05, 4.69) is 5.32 Å². The molecule has 4 nitrogen and oxygen atoms in total. The molecule has 0 radical (unpaired) electrons. The molecular weight excluding hydrogens is 228 g/mol. The van der Waals surface area contributed by atoms with Crippen molar-refractivity contribution in [1.29, 1.82) is 0 Å². The maximum Gasteiger partial charge on any atom is 0.322 e. The van der Waals surface area contributed by atoms with Crippen LogP contribution >= 0.6 is 0 Å². The summed E-state index contributed by atoms with van der Waals surface area (Å²) in [6, 6.07) is 7.90. The lowest BCUT2D eigenvalue weighted by molar-refractivity contribution is 0.127. The highest BCUT2D eigenvalue weighted by Gasteiger charge is 2.28. The molecule has 2 amide bonds. The number of hydrogen-bond acceptors (Lipinski definition) is 2. The van der Waals surface area contributed by atoms with Gasteiger partial charge in [0.15, 0.2) is 0 Å². The predicted octanol–water partition coefficient (Wildman–Crippen LogP) is 2.37. The SMILES string of the molecule is Cc1ccc(NC(=O)N(CCO)C2CCC2)cc1. The number of hydrogen-bond donors (Lipinski definition) is 2. The van der Waals surface area contributed by atoms with E-state index in [1.807, 2.05) is 31.2 Å².